The number of aryl methyl sites for hydroxylation is 1. The van der Waals surface area contributed by atoms with Crippen LogP contribution in [0.3, 0.4) is 0 Å². The van der Waals surface area contributed by atoms with Crippen molar-refractivity contribution in [1.82, 2.24) is 4.90 Å². The van der Waals surface area contributed by atoms with Crippen LogP contribution in [0.25, 0.3) is 0 Å². The molecule has 84 valence electrons. The van der Waals surface area contributed by atoms with Crippen molar-refractivity contribution in [3.8, 4) is 0 Å². The van der Waals surface area contributed by atoms with Gasteiger partial charge in [-0.3, -0.25) is 4.90 Å². The number of hydrogen-bond acceptors (Lipinski definition) is 2. The molecule has 1 aromatic rings. The second-order valence-corrected chi connectivity index (χ2v) is 4.94. The van der Waals surface area contributed by atoms with Crippen molar-refractivity contribution in [2.45, 2.75) is 26.4 Å². The van der Waals surface area contributed by atoms with Gasteiger partial charge in [0.15, 0.2) is 0 Å². The topological polar surface area (TPSA) is 29.3 Å². The lowest BCUT2D eigenvalue weighted by atomic mass is 10.1. The maximum absolute atomic E-state index is 5.63. The fourth-order valence-corrected chi connectivity index (χ4v) is 1.78. The van der Waals surface area contributed by atoms with Crippen LogP contribution in [0.15, 0.2) is 22.7 Å². The number of likely N-dealkylation sites (N-methyl/N-ethyl adjacent to an activating group) is 1. The molecule has 2 nitrogen and oxygen atoms in total. The number of halogens is 1. The average molecular weight is 271 g/mol. The van der Waals surface area contributed by atoms with Gasteiger partial charge in [-0.05, 0) is 38.1 Å². The predicted octanol–water partition coefficient (Wildman–Crippen LogP) is 2.54. The Hall–Kier alpha value is -0.380. The van der Waals surface area contributed by atoms with E-state index < -0.39 is 0 Å². The SMILES string of the molecule is Cc1ccc(CN(C)C(C)CN)cc1Br. The summed E-state index contributed by atoms with van der Waals surface area (Å²) >= 11 is 3.55. The molecule has 0 aliphatic rings. The number of nitrogens with zero attached hydrogens (tertiary/aromatic N) is 1. The van der Waals surface area contributed by atoms with Crippen LogP contribution in [-0.2, 0) is 6.54 Å². The number of rotatable bonds is 4. The molecule has 0 spiro atoms. The summed E-state index contributed by atoms with van der Waals surface area (Å²) in [6, 6.07) is 6.90. The summed E-state index contributed by atoms with van der Waals surface area (Å²) in [6.45, 7) is 5.88. The molecule has 0 aliphatic heterocycles. The van der Waals surface area contributed by atoms with Gasteiger partial charge in [0.1, 0.15) is 0 Å². The Labute approximate surface area is 101 Å². The van der Waals surface area contributed by atoms with Crippen molar-refractivity contribution >= 4 is 15.9 Å². The summed E-state index contributed by atoms with van der Waals surface area (Å²) < 4.78 is 1.17. The highest BCUT2D eigenvalue weighted by molar-refractivity contribution is 9.10. The minimum atomic E-state index is 0.421. The molecule has 1 rings (SSSR count). The minimum Gasteiger partial charge on any atom is -0.329 e. The van der Waals surface area contributed by atoms with E-state index in [1.165, 1.54) is 15.6 Å². The van der Waals surface area contributed by atoms with Crippen molar-refractivity contribution in [2.75, 3.05) is 13.6 Å². The average Bonchev–Trinajstić information content (AvgIpc) is 2.22. The molecular weight excluding hydrogens is 252 g/mol. The first-order valence-corrected chi connectivity index (χ1v) is 5.99. The second-order valence-electron chi connectivity index (χ2n) is 4.08. The largest absolute Gasteiger partial charge is 0.329 e. The molecule has 0 bridgehead atoms. The molecule has 0 aromatic heterocycles. The normalized spacial score (nSPS) is 13.2. The van der Waals surface area contributed by atoms with E-state index in [1.54, 1.807) is 0 Å². The van der Waals surface area contributed by atoms with Crippen LogP contribution in [0.1, 0.15) is 18.1 Å². The zero-order valence-corrected chi connectivity index (χ0v) is 11.2. The molecular formula is C12H19BrN2. The lowest BCUT2D eigenvalue weighted by Gasteiger charge is -2.23. The number of benzene rings is 1. The van der Waals surface area contributed by atoms with Gasteiger partial charge in [0.05, 0.1) is 0 Å². The molecule has 0 aliphatic carbocycles. The summed E-state index contributed by atoms with van der Waals surface area (Å²) in [5.41, 5.74) is 8.22. The maximum atomic E-state index is 5.63. The van der Waals surface area contributed by atoms with E-state index in [-0.39, 0.29) is 0 Å². The smallest absolute Gasteiger partial charge is 0.0234 e. The Balaban J connectivity index is 2.68. The van der Waals surface area contributed by atoms with Crippen molar-refractivity contribution < 1.29 is 0 Å². The molecule has 3 heteroatoms. The van der Waals surface area contributed by atoms with E-state index in [0.29, 0.717) is 12.6 Å². The monoisotopic (exact) mass is 270 g/mol. The molecule has 0 saturated carbocycles. The van der Waals surface area contributed by atoms with E-state index in [2.05, 4.69) is 59.9 Å². The first-order chi connectivity index (χ1) is 7.04. The molecule has 2 N–H and O–H groups in total. The Morgan fingerprint density at radius 2 is 2.13 bits per heavy atom. The summed E-state index contributed by atoms with van der Waals surface area (Å²) in [4.78, 5) is 2.26. The maximum Gasteiger partial charge on any atom is 0.0234 e. The number of nitrogens with two attached hydrogens (primary N) is 1. The molecule has 0 heterocycles. The van der Waals surface area contributed by atoms with Gasteiger partial charge >= 0.3 is 0 Å². The lowest BCUT2D eigenvalue weighted by molar-refractivity contribution is 0.255. The highest BCUT2D eigenvalue weighted by Gasteiger charge is 2.07. The van der Waals surface area contributed by atoms with Gasteiger partial charge in [-0.25, -0.2) is 0 Å². The summed E-state index contributed by atoms with van der Waals surface area (Å²) in [7, 11) is 2.10. The summed E-state index contributed by atoms with van der Waals surface area (Å²) in [5, 5.41) is 0. The van der Waals surface area contributed by atoms with Gasteiger partial charge in [-0.15, -0.1) is 0 Å². The molecule has 1 atom stereocenters. The van der Waals surface area contributed by atoms with Gasteiger partial charge in [0.2, 0.25) is 0 Å². The molecule has 0 saturated heterocycles. The molecule has 0 fully saturated rings. The second kappa shape index (κ2) is 5.64. The number of hydrogen-bond donors (Lipinski definition) is 1. The van der Waals surface area contributed by atoms with E-state index >= 15 is 0 Å². The van der Waals surface area contributed by atoms with Gasteiger partial charge in [-0.1, -0.05) is 28.1 Å². The van der Waals surface area contributed by atoms with Crippen molar-refractivity contribution in [3.05, 3.63) is 33.8 Å². The van der Waals surface area contributed by atoms with Crippen LogP contribution >= 0.6 is 15.9 Å². The van der Waals surface area contributed by atoms with Crippen molar-refractivity contribution in [1.29, 1.82) is 0 Å². The van der Waals surface area contributed by atoms with E-state index in [1.807, 2.05) is 0 Å². The molecule has 15 heavy (non-hydrogen) atoms. The van der Waals surface area contributed by atoms with Crippen LogP contribution in [0.2, 0.25) is 0 Å². The van der Waals surface area contributed by atoms with Gasteiger partial charge in [-0.2, -0.15) is 0 Å². The van der Waals surface area contributed by atoms with Gasteiger partial charge in [0, 0.05) is 23.6 Å². The van der Waals surface area contributed by atoms with Gasteiger partial charge < -0.3 is 5.73 Å². The highest BCUT2D eigenvalue weighted by Crippen LogP contribution is 2.18. The third-order valence-electron chi connectivity index (χ3n) is 2.76. The van der Waals surface area contributed by atoms with E-state index in [9.17, 15) is 0 Å². The Morgan fingerprint density at radius 3 is 2.67 bits per heavy atom. The zero-order valence-electron chi connectivity index (χ0n) is 9.63. The van der Waals surface area contributed by atoms with Crippen molar-refractivity contribution in [2.24, 2.45) is 5.73 Å². The molecule has 0 amide bonds. The highest BCUT2D eigenvalue weighted by atomic mass is 79.9. The Bertz CT molecular complexity index is 325. The van der Waals surface area contributed by atoms with E-state index in [4.69, 9.17) is 5.73 Å². The quantitative estimate of drug-likeness (QED) is 0.911. The van der Waals surface area contributed by atoms with Crippen LogP contribution < -0.4 is 5.73 Å². The predicted molar refractivity (Wildman–Crippen MR) is 68.9 cm³/mol. The zero-order chi connectivity index (χ0) is 11.4. The lowest BCUT2D eigenvalue weighted by Crippen LogP contribution is -2.34. The standard InChI is InChI=1S/C12H19BrN2/c1-9-4-5-11(6-12(9)13)8-15(3)10(2)7-14/h4-6,10H,7-8,14H2,1-3H3. The third kappa shape index (κ3) is 3.59. The molecule has 0 radical (unpaired) electrons. The first-order valence-electron chi connectivity index (χ1n) is 5.20. The Morgan fingerprint density at radius 1 is 1.47 bits per heavy atom. The van der Waals surface area contributed by atoms with Crippen LogP contribution in [0, 0.1) is 6.92 Å². The Kier molecular flexibility index (Phi) is 4.77. The van der Waals surface area contributed by atoms with Crippen LogP contribution in [-0.4, -0.2) is 24.5 Å². The molecule has 1 aromatic carbocycles. The van der Waals surface area contributed by atoms with Crippen molar-refractivity contribution in [3.63, 3.8) is 0 Å². The molecule has 1 unspecified atom stereocenters. The minimum absolute atomic E-state index is 0.421. The van der Waals surface area contributed by atoms with Crippen LogP contribution in [0.5, 0.6) is 0 Å². The van der Waals surface area contributed by atoms with E-state index in [0.717, 1.165) is 6.54 Å². The third-order valence-corrected chi connectivity index (χ3v) is 3.62. The first kappa shape index (κ1) is 12.7. The van der Waals surface area contributed by atoms with Gasteiger partial charge in [0.25, 0.3) is 0 Å². The summed E-state index contributed by atoms with van der Waals surface area (Å²) in [6.07, 6.45) is 0. The fraction of sp³-hybridized carbons (Fsp3) is 0.500. The fourth-order valence-electron chi connectivity index (χ4n) is 1.36. The van der Waals surface area contributed by atoms with Crippen LogP contribution in [0.4, 0.5) is 0 Å². The summed E-state index contributed by atoms with van der Waals surface area (Å²) in [5.74, 6) is 0.